The summed E-state index contributed by atoms with van der Waals surface area (Å²) >= 11 is 0. The van der Waals surface area contributed by atoms with Gasteiger partial charge in [0.15, 0.2) is 0 Å². The van der Waals surface area contributed by atoms with Crippen LogP contribution in [-0.2, 0) is 16.0 Å². The third kappa shape index (κ3) is 4.32. The van der Waals surface area contributed by atoms with Gasteiger partial charge in [-0.2, -0.15) is 0 Å². The lowest BCUT2D eigenvalue weighted by atomic mass is 10.1. The van der Waals surface area contributed by atoms with E-state index in [1.807, 2.05) is 0 Å². The number of benzene rings is 1. The van der Waals surface area contributed by atoms with E-state index >= 15 is 0 Å². The van der Waals surface area contributed by atoms with Crippen molar-refractivity contribution in [1.82, 2.24) is 5.32 Å². The third-order valence-corrected chi connectivity index (χ3v) is 2.62. The van der Waals surface area contributed by atoms with Gasteiger partial charge in [-0.25, -0.2) is 4.79 Å². The summed E-state index contributed by atoms with van der Waals surface area (Å²) in [6, 6.07) is 3.52. The number of nitrogens with two attached hydrogens (primary N) is 1. The summed E-state index contributed by atoms with van der Waals surface area (Å²) in [6.45, 7) is 1.44. The largest absolute Gasteiger partial charge is 0.480 e. The predicted octanol–water partition coefficient (Wildman–Crippen LogP) is 0.0539. The van der Waals surface area contributed by atoms with E-state index in [9.17, 15) is 19.7 Å². The highest BCUT2D eigenvalue weighted by Crippen LogP contribution is 2.13. The number of nitro benzene ring substituents is 1. The minimum absolute atomic E-state index is 0.0196. The molecule has 0 aromatic heterocycles. The van der Waals surface area contributed by atoms with Gasteiger partial charge in [0.25, 0.3) is 5.69 Å². The Hall–Kier alpha value is -2.48. The Morgan fingerprint density at radius 3 is 2.35 bits per heavy atom. The molecular weight excluding hydrogens is 266 g/mol. The number of carbonyl (C=O) groups excluding carboxylic acids is 1. The van der Waals surface area contributed by atoms with Crippen LogP contribution in [0.4, 0.5) is 5.69 Å². The molecule has 0 saturated carbocycles. The van der Waals surface area contributed by atoms with Crippen LogP contribution in [0, 0.1) is 10.1 Å². The zero-order valence-corrected chi connectivity index (χ0v) is 10.8. The second kappa shape index (κ2) is 6.62. The fraction of sp³-hybridized carbons (Fsp3) is 0.333. The van der Waals surface area contributed by atoms with Gasteiger partial charge in [-0.15, -0.1) is 0 Å². The molecule has 2 atom stereocenters. The van der Waals surface area contributed by atoms with E-state index in [-0.39, 0.29) is 12.1 Å². The van der Waals surface area contributed by atoms with Gasteiger partial charge in [-0.1, -0.05) is 12.1 Å². The van der Waals surface area contributed by atoms with Crippen LogP contribution in [0.1, 0.15) is 12.5 Å². The molecule has 0 radical (unpaired) electrons. The number of aliphatic carboxylic acids is 1. The van der Waals surface area contributed by atoms with Gasteiger partial charge < -0.3 is 16.2 Å². The fourth-order valence-corrected chi connectivity index (χ4v) is 1.49. The average Bonchev–Trinajstić information content (AvgIpc) is 2.38. The Morgan fingerprint density at radius 1 is 1.40 bits per heavy atom. The molecular formula is C12H15N3O5. The Morgan fingerprint density at radius 2 is 1.95 bits per heavy atom. The molecule has 0 aliphatic carbocycles. The number of carboxylic acid groups (broad SMARTS) is 1. The fourth-order valence-electron chi connectivity index (χ4n) is 1.49. The van der Waals surface area contributed by atoms with Crippen molar-refractivity contribution in [3.63, 3.8) is 0 Å². The van der Waals surface area contributed by atoms with Gasteiger partial charge >= 0.3 is 5.97 Å². The molecule has 8 nitrogen and oxygen atoms in total. The van der Waals surface area contributed by atoms with Gasteiger partial charge in [-0.05, 0) is 12.5 Å². The van der Waals surface area contributed by atoms with E-state index < -0.39 is 28.9 Å². The second-order valence-corrected chi connectivity index (χ2v) is 4.32. The van der Waals surface area contributed by atoms with E-state index in [0.29, 0.717) is 5.56 Å². The summed E-state index contributed by atoms with van der Waals surface area (Å²) in [5, 5.41) is 21.9. The first-order chi connectivity index (χ1) is 9.31. The Labute approximate surface area is 114 Å². The third-order valence-electron chi connectivity index (χ3n) is 2.62. The van der Waals surface area contributed by atoms with Crippen LogP contribution in [0.2, 0.25) is 0 Å². The summed E-state index contributed by atoms with van der Waals surface area (Å²) < 4.78 is 0. The lowest BCUT2D eigenvalue weighted by Gasteiger charge is -2.16. The Kier molecular flexibility index (Phi) is 5.15. The molecule has 0 heterocycles. The molecule has 108 valence electrons. The zero-order chi connectivity index (χ0) is 15.3. The van der Waals surface area contributed by atoms with Crippen LogP contribution < -0.4 is 11.1 Å². The molecule has 1 aromatic carbocycles. The molecule has 0 spiro atoms. The second-order valence-electron chi connectivity index (χ2n) is 4.32. The van der Waals surface area contributed by atoms with Crippen molar-refractivity contribution < 1.29 is 19.6 Å². The normalized spacial score (nSPS) is 13.3. The van der Waals surface area contributed by atoms with Crippen LogP contribution >= 0.6 is 0 Å². The quantitative estimate of drug-likeness (QED) is 0.498. The number of nitro groups is 1. The molecule has 1 amide bonds. The molecule has 0 saturated heterocycles. The lowest BCUT2D eigenvalue weighted by Crippen LogP contribution is -2.48. The summed E-state index contributed by atoms with van der Waals surface area (Å²) in [5.74, 6) is -1.77. The summed E-state index contributed by atoms with van der Waals surface area (Å²) in [4.78, 5) is 32.4. The summed E-state index contributed by atoms with van der Waals surface area (Å²) in [7, 11) is 0. The highest BCUT2D eigenvalue weighted by atomic mass is 16.6. The molecule has 0 fully saturated rings. The summed E-state index contributed by atoms with van der Waals surface area (Å²) in [5.41, 5.74) is 5.83. The van der Waals surface area contributed by atoms with Crippen molar-refractivity contribution in [2.45, 2.75) is 25.4 Å². The number of nitrogens with one attached hydrogen (secondary N) is 1. The van der Waals surface area contributed by atoms with Crippen molar-refractivity contribution in [1.29, 1.82) is 0 Å². The van der Waals surface area contributed by atoms with Gasteiger partial charge in [0, 0.05) is 18.6 Å². The van der Waals surface area contributed by atoms with E-state index in [4.69, 9.17) is 10.8 Å². The monoisotopic (exact) mass is 281 g/mol. The zero-order valence-electron chi connectivity index (χ0n) is 10.8. The smallest absolute Gasteiger partial charge is 0.326 e. The highest BCUT2D eigenvalue weighted by molar-refractivity contribution is 5.86. The van der Waals surface area contributed by atoms with Crippen LogP contribution in [0.5, 0.6) is 0 Å². The SMILES string of the molecule is C[C@@H](N)C(=O)N[C@@H](Cc1ccc([N+](=O)[O-])cc1)C(=O)O. The van der Waals surface area contributed by atoms with E-state index in [0.717, 1.165) is 0 Å². The van der Waals surface area contributed by atoms with E-state index in [1.54, 1.807) is 0 Å². The first kappa shape index (κ1) is 15.6. The van der Waals surface area contributed by atoms with Crippen LogP contribution in [0.25, 0.3) is 0 Å². The highest BCUT2D eigenvalue weighted by Gasteiger charge is 2.22. The maximum atomic E-state index is 11.4. The maximum absolute atomic E-state index is 11.4. The summed E-state index contributed by atoms with van der Waals surface area (Å²) in [6.07, 6.45) is 0.0196. The van der Waals surface area contributed by atoms with Crippen LogP contribution in [-0.4, -0.2) is 34.0 Å². The standard InChI is InChI=1S/C12H15N3O5/c1-7(13)11(16)14-10(12(17)18)6-8-2-4-9(5-3-8)15(19)20/h2-5,7,10H,6,13H2,1H3,(H,14,16)(H,17,18)/t7-,10+/m1/s1. The number of carbonyl (C=O) groups is 2. The lowest BCUT2D eigenvalue weighted by molar-refractivity contribution is -0.384. The van der Waals surface area contributed by atoms with Gasteiger partial charge in [0.2, 0.25) is 5.91 Å². The van der Waals surface area contributed by atoms with Crippen LogP contribution in [0.3, 0.4) is 0 Å². The number of hydrogen-bond donors (Lipinski definition) is 3. The number of rotatable bonds is 6. The first-order valence-corrected chi connectivity index (χ1v) is 5.83. The van der Waals surface area contributed by atoms with Crippen molar-refractivity contribution in [3.8, 4) is 0 Å². The number of carboxylic acids is 1. The first-order valence-electron chi connectivity index (χ1n) is 5.83. The van der Waals surface area contributed by atoms with Gasteiger partial charge in [-0.3, -0.25) is 14.9 Å². The molecule has 0 unspecified atom stereocenters. The predicted molar refractivity (Wildman–Crippen MR) is 70.0 cm³/mol. The van der Waals surface area contributed by atoms with Crippen molar-refractivity contribution in [3.05, 3.63) is 39.9 Å². The minimum Gasteiger partial charge on any atom is -0.480 e. The molecule has 0 aliphatic heterocycles. The van der Waals surface area contributed by atoms with Gasteiger partial charge in [0.1, 0.15) is 6.04 Å². The Balaban J connectivity index is 2.78. The van der Waals surface area contributed by atoms with Crippen LogP contribution in [0.15, 0.2) is 24.3 Å². The van der Waals surface area contributed by atoms with E-state index in [1.165, 1.54) is 31.2 Å². The minimum atomic E-state index is -1.20. The number of nitrogens with zero attached hydrogens (tertiary/aromatic N) is 1. The maximum Gasteiger partial charge on any atom is 0.326 e. The molecule has 1 aromatic rings. The number of non-ortho nitro benzene ring substituents is 1. The molecule has 20 heavy (non-hydrogen) atoms. The van der Waals surface area contributed by atoms with Crippen molar-refractivity contribution in [2.75, 3.05) is 0 Å². The molecule has 0 bridgehead atoms. The van der Waals surface area contributed by atoms with Crippen molar-refractivity contribution in [2.24, 2.45) is 5.73 Å². The molecule has 0 aliphatic rings. The molecule has 1 rings (SSSR count). The van der Waals surface area contributed by atoms with E-state index in [2.05, 4.69) is 5.32 Å². The molecule has 8 heteroatoms. The number of hydrogen-bond acceptors (Lipinski definition) is 5. The Bertz CT molecular complexity index is 512. The van der Waals surface area contributed by atoms with Gasteiger partial charge in [0.05, 0.1) is 11.0 Å². The van der Waals surface area contributed by atoms with Crippen molar-refractivity contribution >= 4 is 17.6 Å². The molecule has 4 N–H and O–H groups in total. The number of amides is 1. The average molecular weight is 281 g/mol. The topological polar surface area (TPSA) is 136 Å².